The van der Waals surface area contributed by atoms with Gasteiger partial charge in [0.1, 0.15) is 4.21 Å². The van der Waals surface area contributed by atoms with Crippen LogP contribution < -0.4 is 10.0 Å². The molecular weight excluding hydrogens is 418 g/mol. The Morgan fingerprint density at radius 2 is 1.73 bits per heavy atom. The Hall–Kier alpha value is -3.10. The van der Waals surface area contributed by atoms with Crippen molar-refractivity contribution in [1.82, 2.24) is 4.98 Å². The molecule has 2 aromatic heterocycles. The van der Waals surface area contributed by atoms with Gasteiger partial charge in [-0.2, -0.15) is 0 Å². The van der Waals surface area contributed by atoms with E-state index in [9.17, 15) is 13.2 Å². The van der Waals surface area contributed by atoms with E-state index in [-0.39, 0.29) is 10.1 Å². The van der Waals surface area contributed by atoms with E-state index in [0.29, 0.717) is 24.2 Å². The Labute approximate surface area is 179 Å². The molecule has 0 aliphatic rings. The molecule has 1 amide bonds. The number of nitrogens with one attached hydrogen (secondary N) is 3. The molecule has 2 aromatic carbocycles. The van der Waals surface area contributed by atoms with Crippen molar-refractivity contribution in [2.24, 2.45) is 0 Å². The number of hydrogen-bond donors (Lipinski definition) is 3. The summed E-state index contributed by atoms with van der Waals surface area (Å²) < 4.78 is 27.8. The number of amides is 1. The Balaban J connectivity index is 1.38. The lowest BCUT2D eigenvalue weighted by Gasteiger charge is -2.13. The van der Waals surface area contributed by atoms with Crippen LogP contribution in [-0.2, 0) is 21.2 Å². The minimum Gasteiger partial charge on any atom is -0.361 e. The van der Waals surface area contributed by atoms with Gasteiger partial charge in [0.2, 0.25) is 5.91 Å². The number of fused-ring (bicyclic) bond motifs is 1. The van der Waals surface area contributed by atoms with Gasteiger partial charge in [0.15, 0.2) is 0 Å². The van der Waals surface area contributed by atoms with Gasteiger partial charge < -0.3 is 10.3 Å². The second-order valence-electron chi connectivity index (χ2n) is 6.84. The van der Waals surface area contributed by atoms with Gasteiger partial charge in [0, 0.05) is 23.5 Å². The van der Waals surface area contributed by atoms with E-state index in [1.165, 1.54) is 10.9 Å². The third-order valence-electron chi connectivity index (χ3n) is 4.73. The zero-order chi connectivity index (χ0) is 21.0. The van der Waals surface area contributed by atoms with Crippen LogP contribution in [0.5, 0.6) is 0 Å². The average Bonchev–Trinajstić information content (AvgIpc) is 3.40. The fourth-order valence-electron chi connectivity index (χ4n) is 3.28. The number of aromatic amines is 1. The van der Waals surface area contributed by atoms with Gasteiger partial charge in [-0.15, -0.1) is 11.3 Å². The first-order valence-electron chi connectivity index (χ1n) is 9.53. The molecule has 0 unspecified atom stereocenters. The number of sulfonamides is 1. The second-order valence-corrected chi connectivity index (χ2v) is 9.70. The van der Waals surface area contributed by atoms with Crippen LogP contribution in [0.1, 0.15) is 18.4 Å². The largest absolute Gasteiger partial charge is 0.361 e. The Kier molecular flexibility index (Phi) is 5.87. The highest BCUT2D eigenvalue weighted by atomic mass is 32.2. The highest BCUT2D eigenvalue weighted by Gasteiger charge is 2.17. The molecule has 8 heteroatoms. The Morgan fingerprint density at radius 1 is 0.967 bits per heavy atom. The number of anilines is 2. The van der Waals surface area contributed by atoms with Gasteiger partial charge in [-0.1, -0.05) is 36.4 Å². The highest BCUT2D eigenvalue weighted by molar-refractivity contribution is 7.94. The second kappa shape index (κ2) is 8.73. The van der Waals surface area contributed by atoms with Crippen molar-refractivity contribution in [2.45, 2.75) is 23.5 Å². The van der Waals surface area contributed by atoms with Gasteiger partial charge in [-0.05, 0) is 48.1 Å². The molecule has 0 saturated heterocycles. The van der Waals surface area contributed by atoms with E-state index >= 15 is 0 Å². The molecule has 4 rings (SSSR count). The number of aromatic nitrogens is 1. The molecule has 0 aliphatic carbocycles. The molecule has 2 heterocycles. The van der Waals surface area contributed by atoms with Crippen LogP contribution in [0, 0.1) is 0 Å². The predicted octanol–water partition coefficient (Wildman–Crippen LogP) is 4.99. The third kappa shape index (κ3) is 4.55. The molecule has 0 atom stereocenters. The molecule has 0 fully saturated rings. The van der Waals surface area contributed by atoms with Crippen molar-refractivity contribution >= 4 is 49.5 Å². The van der Waals surface area contributed by atoms with Crippen molar-refractivity contribution < 1.29 is 13.2 Å². The average molecular weight is 440 g/mol. The van der Waals surface area contributed by atoms with Crippen LogP contribution in [0.4, 0.5) is 11.4 Å². The van der Waals surface area contributed by atoms with Crippen LogP contribution in [0.25, 0.3) is 10.9 Å². The van der Waals surface area contributed by atoms with Crippen LogP contribution >= 0.6 is 11.3 Å². The summed E-state index contributed by atoms with van der Waals surface area (Å²) in [5.74, 6) is -0.155. The van der Waals surface area contributed by atoms with Crippen molar-refractivity contribution in [2.75, 3.05) is 10.0 Å². The number of H-pyrrole nitrogens is 1. The molecule has 30 heavy (non-hydrogen) atoms. The molecule has 154 valence electrons. The number of thiophene rings is 1. The molecule has 0 radical (unpaired) electrons. The number of rotatable bonds is 8. The minimum absolute atomic E-state index is 0.155. The van der Waals surface area contributed by atoms with E-state index in [2.05, 4.69) is 21.1 Å². The number of aryl methyl sites for hydroxylation is 1. The van der Waals surface area contributed by atoms with E-state index in [1.807, 2.05) is 24.4 Å². The Morgan fingerprint density at radius 3 is 2.53 bits per heavy atom. The highest BCUT2D eigenvalue weighted by Crippen LogP contribution is 2.26. The molecule has 3 N–H and O–H groups in total. The number of para-hydroxylation sites is 3. The maximum Gasteiger partial charge on any atom is 0.271 e. The third-order valence-corrected chi connectivity index (χ3v) is 7.49. The minimum atomic E-state index is -3.68. The zero-order valence-corrected chi connectivity index (χ0v) is 17.7. The summed E-state index contributed by atoms with van der Waals surface area (Å²) in [6, 6.07) is 18.1. The van der Waals surface area contributed by atoms with Crippen molar-refractivity contribution in [3.8, 4) is 0 Å². The van der Waals surface area contributed by atoms with Gasteiger partial charge >= 0.3 is 0 Å². The normalized spacial score (nSPS) is 11.5. The first-order chi connectivity index (χ1) is 14.5. The van der Waals surface area contributed by atoms with E-state index in [0.717, 1.165) is 23.3 Å². The van der Waals surface area contributed by atoms with Crippen LogP contribution in [0.2, 0.25) is 0 Å². The summed E-state index contributed by atoms with van der Waals surface area (Å²) in [7, 11) is -3.68. The molecule has 4 aromatic rings. The molecule has 0 bridgehead atoms. The van der Waals surface area contributed by atoms with E-state index in [4.69, 9.17) is 0 Å². The summed E-state index contributed by atoms with van der Waals surface area (Å²) in [5.41, 5.74) is 3.05. The van der Waals surface area contributed by atoms with Gasteiger partial charge in [-0.25, -0.2) is 8.42 Å². The van der Waals surface area contributed by atoms with Crippen LogP contribution in [0.3, 0.4) is 0 Å². The first-order valence-corrected chi connectivity index (χ1v) is 11.9. The van der Waals surface area contributed by atoms with Crippen molar-refractivity contribution in [3.05, 3.63) is 77.8 Å². The molecule has 6 nitrogen and oxygen atoms in total. The van der Waals surface area contributed by atoms with E-state index in [1.54, 1.807) is 41.8 Å². The SMILES string of the molecule is O=C(CCCc1c[nH]c2ccccc12)Nc1ccccc1NS(=O)(=O)c1cccs1. The van der Waals surface area contributed by atoms with Crippen molar-refractivity contribution in [1.29, 1.82) is 0 Å². The summed E-state index contributed by atoms with van der Waals surface area (Å²) in [6.07, 6.45) is 3.80. The van der Waals surface area contributed by atoms with Gasteiger partial charge in [-0.3, -0.25) is 9.52 Å². The van der Waals surface area contributed by atoms with E-state index < -0.39 is 10.0 Å². The van der Waals surface area contributed by atoms with Crippen molar-refractivity contribution in [3.63, 3.8) is 0 Å². The number of benzene rings is 2. The predicted molar refractivity (Wildman–Crippen MR) is 121 cm³/mol. The Bertz CT molecular complexity index is 1260. The number of hydrogen-bond acceptors (Lipinski definition) is 4. The molecule has 0 aliphatic heterocycles. The van der Waals surface area contributed by atoms with Gasteiger partial charge in [0.05, 0.1) is 11.4 Å². The van der Waals surface area contributed by atoms with Gasteiger partial charge in [0.25, 0.3) is 10.0 Å². The standard InChI is InChI=1S/C22H21N3O3S2/c26-21(12-5-7-16-15-23-18-9-2-1-8-17(16)18)24-19-10-3-4-11-20(19)25-30(27,28)22-13-6-14-29-22/h1-4,6,8-11,13-15,23,25H,5,7,12H2,(H,24,26). The number of carbonyl (C=O) groups excluding carboxylic acids is 1. The summed E-state index contributed by atoms with van der Waals surface area (Å²) in [6.45, 7) is 0. The fraction of sp³-hybridized carbons (Fsp3) is 0.136. The lowest BCUT2D eigenvalue weighted by Crippen LogP contribution is -2.16. The topological polar surface area (TPSA) is 91.1 Å². The lowest BCUT2D eigenvalue weighted by atomic mass is 10.1. The zero-order valence-electron chi connectivity index (χ0n) is 16.1. The first kappa shape index (κ1) is 20.2. The summed E-state index contributed by atoms with van der Waals surface area (Å²) in [5, 5.41) is 5.70. The fourth-order valence-corrected chi connectivity index (χ4v) is 5.36. The van der Waals surface area contributed by atoms with Crippen LogP contribution in [-0.4, -0.2) is 19.3 Å². The quantitative estimate of drug-likeness (QED) is 0.361. The molecular formula is C22H21N3O3S2. The molecule has 0 saturated carbocycles. The maximum atomic E-state index is 12.5. The smallest absolute Gasteiger partial charge is 0.271 e. The lowest BCUT2D eigenvalue weighted by molar-refractivity contribution is -0.116. The monoisotopic (exact) mass is 439 g/mol. The molecule has 0 spiro atoms. The number of carbonyl (C=O) groups is 1. The maximum absolute atomic E-state index is 12.5. The summed E-state index contributed by atoms with van der Waals surface area (Å²) >= 11 is 1.14. The summed E-state index contributed by atoms with van der Waals surface area (Å²) in [4.78, 5) is 15.7. The van der Waals surface area contributed by atoms with Crippen LogP contribution in [0.15, 0.2) is 76.4 Å².